The van der Waals surface area contributed by atoms with Gasteiger partial charge in [0.1, 0.15) is 10.6 Å². The standard InChI is InChI=1S/C14H22N2O2S/c1-4-18-13(17)11-10(2)16-19-12(11)15-9-14(3)7-5-6-8-14/h15H,4-9H2,1-3H3. The van der Waals surface area contributed by atoms with E-state index in [-0.39, 0.29) is 5.97 Å². The number of carbonyl (C=O) groups is 1. The van der Waals surface area contributed by atoms with Crippen molar-refractivity contribution in [2.75, 3.05) is 18.5 Å². The smallest absolute Gasteiger partial charge is 0.343 e. The first-order chi connectivity index (χ1) is 9.06. The highest BCUT2D eigenvalue weighted by molar-refractivity contribution is 7.10. The molecular formula is C14H22N2O2S. The number of aryl methyl sites for hydroxylation is 1. The van der Waals surface area contributed by atoms with Crippen LogP contribution in [0.25, 0.3) is 0 Å². The van der Waals surface area contributed by atoms with Crippen molar-refractivity contribution in [2.45, 2.75) is 46.5 Å². The number of anilines is 1. The number of nitrogens with zero attached hydrogens (tertiary/aromatic N) is 1. The van der Waals surface area contributed by atoms with Crippen molar-refractivity contribution in [3.05, 3.63) is 11.3 Å². The molecule has 0 aromatic carbocycles. The molecule has 19 heavy (non-hydrogen) atoms. The average Bonchev–Trinajstić information content (AvgIpc) is 2.94. The van der Waals surface area contributed by atoms with Crippen molar-refractivity contribution in [3.8, 4) is 0 Å². The van der Waals surface area contributed by atoms with Crippen LogP contribution in [-0.2, 0) is 4.74 Å². The molecule has 0 bridgehead atoms. The van der Waals surface area contributed by atoms with Gasteiger partial charge in [0.2, 0.25) is 0 Å². The van der Waals surface area contributed by atoms with E-state index in [1.165, 1.54) is 37.2 Å². The van der Waals surface area contributed by atoms with Crippen LogP contribution in [0, 0.1) is 12.3 Å². The maximum atomic E-state index is 11.9. The van der Waals surface area contributed by atoms with Crippen LogP contribution >= 0.6 is 11.5 Å². The normalized spacial score (nSPS) is 17.4. The second-order valence-corrected chi connectivity index (χ2v) is 6.34. The summed E-state index contributed by atoms with van der Waals surface area (Å²) in [5.74, 6) is -0.271. The van der Waals surface area contributed by atoms with Gasteiger partial charge < -0.3 is 10.1 Å². The fourth-order valence-electron chi connectivity index (χ4n) is 2.63. The number of hydrogen-bond donors (Lipinski definition) is 1. The quantitative estimate of drug-likeness (QED) is 0.838. The highest BCUT2D eigenvalue weighted by atomic mass is 32.1. The van der Waals surface area contributed by atoms with E-state index in [9.17, 15) is 4.79 Å². The molecular weight excluding hydrogens is 260 g/mol. The number of nitrogens with one attached hydrogen (secondary N) is 1. The number of hydrogen-bond acceptors (Lipinski definition) is 5. The minimum absolute atomic E-state index is 0.271. The van der Waals surface area contributed by atoms with E-state index in [1.54, 1.807) is 0 Å². The van der Waals surface area contributed by atoms with Gasteiger partial charge in [0, 0.05) is 6.54 Å². The van der Waals surface area contributed by atoms with Crippen LogP contribution in [0.5, 0.6) is 0 Å². The summed E-state index contributed by atoms with van der Waals surface area (Å²) in [4.78, 5) is 11.9. The second kappa shape index (κ2) is 5.90. The van der Waals surface area contributed by atoms with Gasteiger partial charge >= 0.3 is 5.97 Å². The van der Waals surface area contributed by atoms with Crippen LogP contribution < -0.4 is 5.32 Å². The monoisotopic (exact) mass is 282 g/mol. The number of rotatable bonds is 5. The third kappa shape index (κ3) is 3.26. The molecule has 0 saturated heterocycles. The lowest BCUT2D eigenvalue weighted by Crippen LogP contribution is -2.23. The van der Waals surface area contributed by atoms with Gasteiger partial charge in [-0.1, -0.05) is 19.8 Å². The summed E-state index contributed by atoms with van der Waals surface area (Å²) in [6.45, 7) is 7.28. The minimum atomic E-state index is -0.271. The first-order valence-electron chi connectivity index (χ1n) is 6.93. The molecule has 1 fully saturated rings. The second-order valence-electron chi connectivity index (χ2n) is 5.56. The average molecular weight is 282 g/mol. The predicted octanol–water partition coefficient (Wildman–Crippen LogP) is 3.62. The van der Waals surface area contributed by atoms with E-state index in [0.29, 0.717) is 17.6 Å². The summed E-state index contributed by atoms with van der Waals surface area (Å²) in [5, 5.41) is 4.26. The largest absolute Gasteiger partial charge is 0.462 e. The molecule has 1 N–H and O–H groups in total. The summed E-state index contributed by atoms with van der Waals surface area (Å²) >= 11 is 1.35. The highest BCUT2D eigenvalue weighted by Crippen LogP contribution is 2.38. The summed E-state index contributed by atoms with van der Waals surface area (Å²) in [6.07, 6.45) is 5.13. The molecule has 1 heterocycles. The number of esters is 1. The maximum Gasteiger partial charge on any atom is 0.343 e. The van der Waals surface area contributed by atoms with E-state index in [0.717, 1.165) is 17.2 Å². The van der Waals surface area contributed by atoms with Gasteiger partial charge in [-0.3, -0.25) is 0 Å². The molecule has 106 valence electrons. The SMILES string of the molecule is CCOC(=O)c1c(C)nsc1NCC1(C)CCCC1. The van der Waals surface area contributed by atoms with E-state index in [4.69, 9.17) is 4.74 Å². The minimum Gasteiger partial charge on any atom is -0.462 e. The van der Waals surface area contributed by atoms with Gasteiger partial charge in [0.05, 0.1) is 12.3 Å². The Balaban J connectivity index is 2.06. The van der Waals surface area contributed by atoms with Gasteiger partial charge in [0.15, 0.2) is 0 Å². The Labute approximate surface area is 118 Å². The van der Waals surface area contributed by atoms with Gasteiger partial charge in [-0.05, 0) is 43.6 Å². The predicted molar refractivity (Wildman–Crippen MR) is 77.9 cm³/mol. The molecule has 0 radical (unpaired) electrons. The number of ether oxygens (including phenoxy) is 1. The van der Waals surface area contributed by atoms with Crippen LogP contribution in [0.3, 0.4) is 0 Å². The van der Waals surface area contributed by atoms with Crippen molar-refractivity contribution in [2.24, 2.45) is 5.41 Å². The molecule has 1 saturated carbocycles. The first-order valence-corrected chi connectivity index (χ1v) is 7.70. The summed E-state index contributed by atoms with van der Waals surface area (Å²) in [6, 6.07) is 0. The van der Waals surface area contributed by atoms with Gasteiger partial charge in [-0.15, -0.1) is 0 Å². The van der Waals surface area contributed by atoms with E-state index < -0.39 is 0 Å². The Kier molecular flexibility index (Phi) is 4.45. The lowest BCUT2D eigenvalue weighted by atomic mass is 9.89. The van der Waals surface area contributed by atoms with E-state index in [2.05, 4.69) is 16.6 Å². The zero-order chi connectivity index (χ0) is 13.9. The Morgan fingerprint density at radius 2 is 2.16 bits per heavy atom. The molecule has 0 aliphatic heterocycles. The zero-order valence-electron chi connectivity index (χ0n) is 11.9. The molecule has 0 amide bonds. The molecule has 1 aromatic heterocycles. The highest BCUT2D eigenvalue weighted by Gasteiger charge is 2.29. The Morgan fingerprint density at radius 3 is 2.79 bits per heavy atom. The van der Waals surface area contributed by atoms with Crippen LogP contribution in [-0.4, -0.2) is 23.5 Å². The molecule has 5 heteroatoms. The third-order valence-corrected chi connectivity index (χ3v) is 4.72. The fraction of sp³-hybridized carbons (Fsp3) is 0.714. The lowest BCUT2D eigenvalue weighted by Gasteiger charge is -2.24. The Morgan fingerprint density at radius 1 is 1.47 bits per heavy atom. The van der Waals surface area contributed by atoms with Crippen molar-refractivity contribution in [1.29, 1.82) is 0 Å². The first kappa shape index (κ1) is 14.3. The summed E-state index contributed by atoms with van der Waals surface area (Å²) < 4.78 is 9.36. The van der Waals surface area contributed by atoms with Crippen molar-refractivity contribution in [1.82, 2.24) is 4.37 Å². The molecule has 0 atom stereocenters. The molecule has 1 aliphatic carbocycles. The molecule has 4 nitrogen and oxygen atoms in total. The third-order valence-electron chi connectivity index (χ3n) is 3.83. The zero-order valence-corrected chi connectivity index (χ0v) is 12.7. The van der Waals surface area contributed by atoms with Crippen molar-refractivity contribution >= 4 is 22.5 Å². The summed E-state index contributed by atoms with van der Waals surface area (Å²) in [7, 11) is 0. The van der Waals surface area contributed by atoms with E-state index in [1.807, 2.05) is 13.8 Å². The fourth-order valence-corrected chi connectivity index (χ4v) is 3.41. The maximum absolute atomic E-state index is 11.9. The van der Waals surface area contributed by atoms with Crippen LogP contribution in [0.4, 0.5) is 5.00 Å². The number of aromatic nitrogens is 1. The summed E-state index contributed by atoms with van der Waals surface area (Å²) in [5.41, 5.74) is 1.71. The molecule has 2 rings (SSSR count). The topological polar surface area (TPSA) is 51.2 Å². The Hall–Kier alpha value is -1.10. The lowest BCUT2D eigenvalue weighted by molar-refractivity contribution is 0.0527. The van der Waals surface area contributed by atoms with Crippen LogP contribution in [0.2, 0.25) is 0 Å². The number of carbonyl (C=O) groups excluding carboxylic acids is 1. The molecule has 0 unspecified atom stereocenters. The molecule has 0 spiro atoms. The molecule has 1 aliphatic rings. The van der Waals surface area contributed by atoms with Crippen molar-refractivity contribution < 1.29 is 9.53 Å². The Bertz CT molecular complexity index is 450. The molecule has 1 aromatic rings. The van der Waals surface area contributed by atoms with Crippen molar-refractivity contribution in [3.63, 3.8) is 0 Å². The van der Waals surface area contributed by atoms with Crippen LogP contribution in [0.1, 0.15) is 55.6 Å². The van der Waals surface area contributed by atoms with Gasteiger partial charge in [-0.2, -0.15) is 4.37 Å². The van der Waals surface area contributed by atoms with E-state index >= 15 is 0 Å². The van der Waals surface area contributed by atoms with Gasteiger partial charge in [-0.25, -0.2) is 4.79 Å². The van der Waals surface area contributed by atoms with Gasteiger partial charge in [0.25, 0.3) is 0 Å². The van der Waals surface area contributed by atoms with Crippen LogP contribution in [0.15, 0.2) is 0 Å².